The highest BCUT2D eigenvalue weighted by molar-refractivity contribution is 7.99. The summed E-state index contributed by atoms with van der Waals surface area (Å²) in [6.45, 7) is 0.463. The second-order valence-corrected chi connectivity index (χ2v) is 5.72. The Balaban J connectivity index is 1.75. The number of nitrogens with zero attached hydrogens (tertiary/aromatic N) is 1. The summed E-state index contributed by atoms with van der Waals surface area (Å²) in [6, 6.07) is 10.3. The monoisotopic (exact) mass is 323 g/mol. The van der Waals surface area contributed by atoms with E-state index in [2.05, 4.69) is 4.98 Å². The second-order valence-electron chi connectivity index (χ2n) is 4.17. The number of hydrogen-bond donors (Lipinski definition) is 1. The summed E-state index contributed by atoms with van der Waals surface area (Å²) in [4.78, 5) is 15.2. The van der Waals surface area contributed by atoms with Crippen LogP contribution >= 0.6 is 23.4 Å². The van der Waals surface area contributed by atoms with E-state index in [1.54, 1.807) is 42.2 Å². The van der Waals surface area contributed by atoms with E-state index in [1.165, 1.54) is 6.07 Å². The van der Waals surface area contributed by atoms with Crippen molar-refractivity contribution in [2.45, 2.75) is 11.4 Å². The average Bonchev–Trinajstić information content (AvgIpc) is 2.49. The number of pyridine rings is 1. The van der Waals surface area contributed by atoms with Crippen LogP contribution in [0.15, 0.2) is 47.6 Å². The fourth-order valence-electron chi connectivity index (χ4n) is 1.63. The molecule has 110 valence electrons. The first-order chi connectivity index (χ1) is 10.2. The first-order valence-electron chi connectivity index (χ1n) is 6.36. The topological polar surface area (TPSA) is 59.4 Å². The Hall–Kier alpha value is -1.72. The van der Waals surface area contributed by atoms with Crippen LogP contribution in [0.1, 0.15) is 16.8 Å². The lowest BCUT2D eigenvalue weighted by molar-refractivity contribution is 0.0692. The smallest absolute Gasteiger partial charge is 0.339 e. The van der Waals surface area contributed by atoms with E-state index in [1.807, 2.05) is 6.07 Å². The van der Waals surface area contributed by atoms with Crippen LogP contribution in [0.3, 0.4) is 0 Å². The molecular weight excluding hydrogens is 310 g/mol. The minimum absolute atomic E-state index is 0.185. The van der Waals surface area contributed by atoms with Crippen LogP contribution in [0, 0.1) is 0 Å². The third kappa shape index (κ3) is 4.95. The number of halogens is 1. The average molecular weight is 324 g/mol. The van der Waals surface area contributed by atoms with Crippen molar-refractivity contribution in [1.29, 1.82) is 0 Å². The van der Waals surface area contributed by atoms with E-state index < -0.39 is 5.97 Å². The van der Waals surface area contributed by atoms with Crippen LogP contribution in [0.2, 0.25) is 5.02 Å². The minimum Gasteiger partial charge on any atom is -0.493 e. The third-order valence-corrected chi connectivity index (χ3v) is 3.87. The summed E-state index contributed by atoms with van der Waals surface area (Å²) in [5, 5.41) is 10.6. The van der Waals surface area contributed by atoms with Crippen LogP contribution < -0.4 is 4.74 Å². The molecule has 0 unspecified atom stereocenters. The van der Waals surface area contributed by atoms with Crippen LogP contribution in [-0.4, -0.2) is 28.4 Å². The predicted octanol–water partition coefficient (Wildman–Crippen LogP) is 3.99. The Labute approximate surface area is 132 Å². The molecule has 0 atom stereocenters. The highest BCUT2D eigenvalue weighted by atomic mass is 35.5. The van der Waals surface area contributed by atoms with Crippen molar-refractivity contribution < 1.29 is 14.6 Å². The van der Waals surface area contributed by atoms with Crippen molar-refractivity contribution in [3.8, 4) is 5.75 Å². The molecule has 21 heavy (non-hydrogen) atoms. The molecule has 0 saturated carbocycles. The number of aromatic nitrogens is 1. The molecule has 0 bridgehead atoms. The number of benzene rings is 1. The fourth-order valence-corrected chi connectivity index (χ4v) is 2.51. The molecule has 0 amide bonds. The summed E-state index contributed by atoms with van der Waals surface area (Å²) in [7, 11) is 0. The zero-order valence-corrected chi connectivity index (χ0v) is 12.7. The molecule has 0 spiro atoms. The van der Waals surface area contributed by atoms with Gasteiger partial charge in [0.1, 0.15) is 11.3 Å². The zero-order chi connectivity index (χ0) is 15.1. The number of aromatic carboxylic acids is 1. The van der Waals surface area contributed by atoms with Gasteiger partial charge in [-0.3, -0.25) is 0 Å². The molecule has 0 aliphatic heterocycles. The molecule has 2 aromatic rings. The van der Waals surface area contributed by atoms with Gasteiger partial charge in [0.2, 0.25) is 0 Å². The zero-order valence-electron chi connectivity index (χ0n) is 11.2. The van der Waals surface area contributed by atoms with E-state index in [0.29, 0.717) is 17.4 Å². The van der Waals surface area contributed by atoms with Crippen molar-refractivity contribution in [2.24, 2.45) is 0 Å². The molecule has 0 aliphatic carbocycles. The number of carbonyl (C=O) groups is 1. The van der Waals surface area contributed by atoms with Gasteiger partial charge in [0.05, 0.1) is 16.7 Å². The molecule has 1 N–H and O–H groups in total. The van der Waals surface area contributed by atoms with Crippen LogP contribution in [-0.2, 0) is 0 Å². The van der Waals surface area contributed by atoms with Gasteiger partial charge in [-0.2, -0.15) is 0 Å². The minimum atomic E-state index is -0.981. The summed E-state index contributed by atoms with van der Waals surface area (Å²) in [5.41, 5.74) is 0.185. The van der Waals surface area contributed by atoms with E-state index in [-0.39, 0.29) is 5.56 Å². The lowest BCUT2D eigenvalue weighted by atomic mass is 10.2. The van der Waals surface area contributed by atoms with Gasteiger partial charge in [-0.25, -0.2) is 9.78 Å². The lowest BCUT2D eigenvalue weighted by Gasteiger charge is -2.08. The van der Waals surface area contributed by atoms with Crippen LogP contribution in [0.25, 0.3) is 0 Å². The van der Waals surface area contributed by atoms with Crippen molar-refractivity contribution >= 4 is 29.3 Å². The maximum absolute atomic E-state index is 11.0. The molecule has 6 heteroatoms. The summed E-state index contributed by atoms with van der Waals surface area (Å²) in [6.07, 6.45) is 2.41. The maximum Gasteiger partial charge on any atom is 0.339 e. The molecule has 4 nitrogen and oxygen atoms in total. The highest BCUT2D eigenvalue weighted by Gasteiger charge is 2.09. The van der Waals surface area contributed by atoms with Crippen molar-refractivity contribution in [2.75, 3.05) is 12.4 Å². The largest absolute Gasteiger partial charge is 0.493 e. The van der Waals surface area contributed by atoms with Gasteiger partial charge in [-0.15, -0.1) is 11.8 Å². The van der Waals surface area contributed by atoms with Crippen LogP contribution in [0.5, 0.6) is 5.75 Å². The quantitative estimate of drug-likeness (QED) is 0.616. The Morgan fingerprint density at radius 2 is 2.10 bits per heavy atom. The molecule has 2 rings (SSSR count). The molecule has 0 aliphatic rings. The molecule has 1 aromatic carbocycles. The Bertz CT molecular complexity index is 604. The standard InChI is InChI=1S/C15H14ClNO3S/c16-11-6-7-14(17-10-11)21-9-3-8-20-13-5-2-1-4-12(13)15(18)19/h1-2,4-7,10H,3,8-9H2,(H,18,19). The van der Waals surface area contributed by atoms with Gasteiger partial charge in [-0.1, -0.05) is 23.7 Å². The number of hydrogen-bond acceptors (Lipinski definition) is 4. The summed E-state index contributed by atoms with van der Waals surface area (Å²) < 4.78 is 5.52. The second kappa shape index (κ2) is 7.90. The van der Waals surface area contributed by atoms with Crippen molar-refractivity contribution in [3.05, 3.63) is 53.2 Å². The molecule has 1 heterocycles. The van der Waals surface area contributed by atoms with E-state index >= 15 is 0 Å². The highest BCUT2D eigenvalue weighted by Crippen LogP contribution is 2.20. The van der Waals surface area contributed by atoms with E-state index in [0.717, 1.165) is 17.2 Å². The first kappa shape index (κ1) is 15.7. The number of rotatable bonds is 7. The number of carboxylic acids is 1. The lowest BCUT2D eigenvalue weighted by Crippen LogP contribution is -2.04. The SMILES string of the molecule is O=C(O)c1ccccc1OCCCSc1ccc(Cl)cn1. The van der Waals surface area contributed by atoms with Gasteiger partial charge >= 0.3 is 5.97 Å². The van der Waals surface area contributed by atoms with Gasteiger partial charge in [0, 0.05) is 11.9 Å². The number of ether oxygens (including phenoxy) is 1. The van der Waals surface area contributed by atoms with Gasteiger partial charge < -0.3 is 9.84 Å². The summed E-state index contributed by atoms with van der Waals surface area (Å²) >= 11 is 7.37. The Kier molecular flexibility index (Phi) is 5.90. The third-order valence-electron chi connectivity index (χ3n) is 2.61. The van der Waals surface area contributed by atoms with E-state index in [4.69, 9.17) is 21.4 Å². The maximum atomic E-state index is 11.0. The first-order valence-corrected chi connectivity index (χ1v) is 7.72. The van der Waals surface area contributed by atoms with Gasteiger partial charge in [-0.05, 0) is 30.7 Å². The molecule has 0 radical (unpaired) electrons. The van der Waals surface area contributed by atoms with E-state index in [9.17, 15) is 4.79 Å². The number of carboxylic acid groups (broad SMARTS) is 1. The normalized spacial score (nSPS) is 10.3. The van der Waals surface area contributed by atoms with Crippen LogP contribution in [0.4, 0.5) is 0 Å². The van der Waals surface area contributed by atoms with Crippen molar-refractivity contribution in [1.82, 2.24) is 4.98 Å². The van der Waals surface area contributed by atoms with Crippen molar-refractivity contribution in [3.63, 3.8) is 0 Å². The van der Waals surface area contributed by atoms with Gasteiger partial charge in [0.25, 0.3) is 0 Å². The van der Waals surface area contributed by atoms with Gasteiger partial charge in [0.15, 0.2) is 0 Å². The molecular formula is C15H14ClNO3S. The Morgan fingerprint density at radius 1 is 1.29 bits per heavy atom. The summed E-state index contributed by atoms with van der Waals surface area (Å²) in [5.74, 6) is 0.258. The molecule has 0 saturated heterocycles. The fraction of sp³-hybridized carbons (Fsp3) is 0.200. The predicted molar refractivity (Wildman–Crippen MR) is 83.5 cm³/mol. The number of para-hydroxylation sites is 1. The molecule has 0 fully saturated rings. The number of thioether (sulfide) groups is 1. The Morgan fingerprint density at radius 3 is 2.81 bits per heavy atom. The molecule has 1 aromatic heterocycles.